The predicted molar refractivity (Wildman–Crippen MR) is 124 cm³/mol. The Hall–Kier alpha value is -2.30. The Morgan fingerprint density at radius 3 is 2.48 bits per heavy atom. The van der Waals surface area contributed by atoms with Crippen molar-refractivity contribution in [1.29, 1.82) is 0 Å². The van der Waals surface area contributed by atoms with Crippen LogP contribution >= 0.6 is 11.6 Å². The van der Waals surface area contributed by atoms with Gasteiger partial charge in [-0.05, 0) is 62.7 Å². The molecule has 0 aromatic heterocycles. The first-order valence-corrected chi connectivity index (χ1v) is 10.5. The fraction of sp³-hybridized carbons (Fsp3) is 0.375. The topological polar surface area (TPSA) is 28.1 Å². The molecule has 0 saturated carbocycles. The molecule has 0 unspecified atom stereocenters. The maximum atomic E-state index is 6.60. The van der Waals surface area contributed by atoms with Gasteiger partial charge in [0.1, 0.15) is 0 Å². The van der Waals surface area contributed by atoms with Crippen LogP contribution in [0.15, 0.2) is 47.5 Å². The summed E-state index contributed by atoms with van der Waals surface area (Å²) >= 11 is 6.60. The highest BCUT2D eigenvalue weighted by atomic mass is 35.5. The number of allylic oxidation sites excluding steroid dienone is 1. The molecule has 0 aliphatic carbocycles. The van der Waals surface area contributed by atoms with Gasteiger partial charge in [-0.25, -0.2) is 0 Å². The van der Waals surface area contributed by atoms with E-state index in [1.54, 1.807) is 0 Å². The second-order valence-electron chi connectivity index (χ2n) is 8.30. The number of fused-ring (bicyclic) bond motifs is 1. The normalized spacial score (nSPS) is 18.7. The van der Waals surface area contributed by atoms with Crippen molar-refractivity contribution in [1.82, 2.24) is 0 Å². The quantitative estimate of drug-likeness (QED) is 0.621. The number of halogens is 1. The number of aliphatic imine (C=N–C) groups is 1. The van der Waals surface area contributed by atoms with E-state index in [0.717, 1.165) is 48.3 Å². The molecule has 0 N–H and O–H groups in total. The summed E-state index contributed by atoms with van der Waals surface area (Å²) in [5, 5.41) is 0.717. The van der Waals surface area contributed by atoms with E-state index in [9.17, 15) is 0 Å². The molecule has 1 fully saturated rings. The molecule has 2 aromatic carbocycles. The average Bonchev–Trinajstić information content (AvgIpc) is 2.72. The smallest absolute Gasteiger partial charge is 0.0642 e. The molecule has 2 aromatic rings. The first-order valence-electron chi connectivity index (χ1n) is 10.1. The second-order valence-corrected chi connectivity index (χ2v) is 8.71. The summed E-state index contributed by atoms with van der Waals surface area (Å²) < 4.78 is 5.42. The minimum absolute atomic E-state index is 0.0295. The lowest BCUT2D eigenvalue weighted by Crippen LogP contribution is -2.42. The molecular weight excluding hydrogens is 382 g/mol. The molecule has 4 nitrogen and oxygen atoms in total. The number of nitrogens with zero attached hydrogens (tertiary/aromatic N) is 3. The molecule has 2 aliphatic rings. The number of morpholine rings is 1. The molecule has 2 heterocycles. The van der Waals surface area contributed by atoms with Crippen LogP contribution in [0, 0.1) is 0 Å². The Kier molecular flexibility index (Phi) is 5.41. The fourth-order valence-corrected chi connectivity index (χ4v) is 4.21. The second kappa shape index (κ2) is 7.85. The van der Waals surface area contributed by atoms with Crippen LogP contribution in [-0.4, -0.2) is 45.1 Å². The zero-order valence-electron chi connectivity index (χ0n) is 17.6. The van der Waals surface area contributed by atoms with Crippen LogP contribution in [0.5, 0.6) is 0 Å². The van der Waals surface area contributed by atoms with Crippen molar-refractivity contribution in [2.45, 2.75) is 26.3 Å². The lowest BCUT2D eigenvalue weighted by atomic mass is 9.88. The molecule has 0 spiro atoms. The number of rotatable bonds is 3. The number of hydrogen-bond acceptors (Lipinski definition) is 4. The molecule has 2 aliphatic heterocycles. The highest BCUT2D eigenvalue weighted by Crippen LogP contribution is 2.40. The van der Waals surface area contributed by atoms with Gasteiger partial charge in [-0.15, -0.1) is 0 Å². The van der Waals surface area contributed by atoms with E-state index in [1.807, 2.05) is 6.21 Å². The molecule has 0 bridgehead atoms. The molecule has 0 atom stereocenters. The average molecular weight is 410 g/mol. The Balaban J connectivity index is 1.57. The van der Waals surface area contributed by atoms with Gasteiger partial charge in [0, 0.05) is 48.9 Å². The largest absolute Gasteiger partial charge is 0.378 e. The summed E-state index contributed by atoms with van der Waals surface area (Å²) in [5.41, 5.74) is 6.67. The van der Waals surface area contributed by atoms with Gasteiger partial charge < -0.3 is 14.5 Å². The summed E-state index contributed by atoms with van der Waals surface area (Å²) in [6.07, 6.45) is 4.16. The predicted octanol–water partition coefficient (Wildman–Crippen LogP) is 5.56. The molecule has 5 heteroatoms. The van der Waals surface area contributed by atoms with Gasteiger partial charge in [-0.1, -0.05) is 17.7 Å². The van der Waals surface area contributed by atoms with Crippen molar-refractivity contribution in [3.05, 3.63) is 58.6 Å². The van der Waals surface area contributed by atoms with Crippen LogP contribution in [0.4, 0.5) is 17.1 Å². The summed E-state index contributed by atoms with van der Waals surface area (Å²) in [5.74, 6) is 0. The molecule has 29 heavy (non-hydrogen) atoms. The van der Waals surface area contributed by atoms with Crippen molar-refractivity contribution >= 4 is 40.5 Å². The third-order valence-electron chi connectivity index (χ3n) is 5.91. The summed E-state index contributed by atoms with van der Waals surface area (Å²) in [4.78, 5) is 9.27. The highest BCUT2D eigenvalue weighted by Gasteiger charge is 2.29. The van der Waals surface area contributed by atoms with Gasteiger partial charge >= 0.3 is 0 Å². The minimum atomic E-state index is -0.0295. The maximum absolute atomic E-state index is 6.60. The Morgan fingerprint density at radius 1 is 1.10 bits per heavy atom. The SMILES string of the molecule is CC1=CC(C)(C)N(C)c2cc(Cl)c(C=Nc3ccc(N4CCOCC4)cc3)cc21. The van der Waals surface area contributed by atoms with E-state index < -0.39 is 0 Å². The lowest BCUT2D eigenvalue weighted by Gasteiger charge is -2.40. The van der Waals surface area contributed by atoms with Crippen LogP contribution in [0.25, 0.3) is 5.57 Å². The lowest BCUT2D eigenvalue weighted by molar-refractivity contribution is 0.122. The van der Waals surface area contributed by atoms with E-state index >= 15 is 0 Å². The van der Waals surface area contributed by atoms with Crippen LogP contribution in [0.3, 0.4) is 0 Å². The third kappa shape index (κ3) is 4.05. The van der Waals surface area contributed by atoms with E-state index in [4.69, 9.17) is 16.3 Å². The Morgan fingerprint density at radius 2 is 1.79 bits per heavy atom. The zero-order chi connectivity index (χ0) is 20.6. The van der Waals surface area contributed by atoms with Gasteiger partial charge in [0.15, 0.2) is 0 Å². The third-order valence-corrected chi connectivity index (χ3v) is 6.24. The number of likely N-dealkylation sites (N-methyl/N-ethyl adjacent to an activating group) is 1. The standard InChI is InChI=1S/C24H28ClN3O/c1-17-15-24(2,3)27(4)23-14-22(25)18(13-21(17)23)16-26-19-5-7-20(8-6-19)28-9-11-29-12-10-28/h5-8,13-16H,9-12H2,1-4H3. The van der Waals surface area contributed by atoms with Crippen molar-refractivity contribution in [2.24, 2.45) is 4.99 Å². The molecular formula is C24H28ClN3O. The van der Waals surface area contributed by atoms with E-state index in [2.05, 4.69) is 85.1 Å². The van der Waals surface area contributed by atoms with Crippen molar-refractivity contribution in [3.63, 3.8) is 0 Å². The summed E-state index contributed by atoms with van der Waals surface area (Å²) in [7, 11) is 2.11. The number of hydrogen-bond donors (Lipinski definition) is 0. The van der Waals surface area contributed by atoms with Crippen LogP contribution in [-0.2, 0) is 4.74 Å². The summed E-state index contributed by atoms with van der Waals surface area (Å²) in [6.45, 7) is 10.0. The van der Waals surface area contributed by atoms with Gasteiger partial charge in [-0.3, -0.25) is 4.99 Å². The van der Waals surface area contributed by atoms with Gasteiger partial charge in [0.25, 0.3) is 0 Å². The Bertz CT molecular complexity index is 957. The van der Waals surface area contributed by atoms with Crippen molar-refractivity contribution in [2.75, 3.05) is 43.2 Å². The van der Waals surface area contributed by atoms with E-state index in [0.29, 0.717) is 0 Å². The van der Waals surface area contributed by atoms with Crippen LogP contribution in [0.1, 0.15) is 31.9 Å². The van der Waals surface area contributed by atoms with Gasteiger partial charge in [0.05, 0.1) is 29.5 Å². The molecule has 152 valence electrons. The molecule has 0 radical (unpaired) electrons. The highest BCUT2D eigenvalue weighted by molar-refractivity contribution is 6.33. The van der Waals surface area contributed by atoms with Crippen LogP contribution in [0.2, 0.25) is 5.02 Å². The number of anilines is 2. The maximum Gasteiger partial charge on any atom is 0.0642 e. The molecule has 0 amide bonds. The van der Waals surface area contributed by atoms with Crippen molar-refractivity contribution < 1.29 is 4.74 Å². The fourth-order valence-electron chi connectivity index (χ4n) is 4.00. The van der Waals surface area contributed by atoms with Crippen LogP contribution < -0.4 is 9.80 Å². The number of benzene rings is 2. The Labute approximate surface area is 178 Å². The molecule has 4 rings (SSSR count). The van der Waals surface area contributed by atoms with Crippen molar-refractivity contribution in [3.8, 4) is 0 Å². The first-order chi connectivity index (χ1) is 13.8. The minimum Gasteiger partial charge on any atom is -0.378 e. The van der Waals surface area contributed by atoms with E-state index in [-0.39, 0.29) is 5.54 Å². The van der Waals surface area contributed by atoms with Gasteiger partial charge in [-0.2, -0.15) is 0 Å². The summed E-state index contributed by atoms with van der Waals surface area (Å²) in [6, 6.07) is 12.5. The first kappa shape index (κ1) is 20.0. The molecule has 1 saturated heterocycles. The monoisotopic (exact) mass is 409 g/mol. The zero-order valence-corrected chi connectivity index (χ0v) is 18.3. The van der Waals surface area contributed by atoms with Gasteiger partial charge in [0.2, 0.25) is 0 Å². The van der Waals surface area contributed by atoms with E-state index in [1.165, 1.54) is 16.8 Å². The number of ether oxygens (including phenoxy) is 1.